The molecule has 1 aliphatic heterocycles. The van der Waals surface area contributed by atoms with Crippen LogP contribution in [0.1, 0.15) is 21.6 Å². The number of amides is 2. The van der Waals surface area contributed by atoms with E-state index in [2.05, 4.69) is 38.8 Å². The van der Waals surface area contributed by atoms with E-state index in [1.165, 1.54) is 0 Å². The molecule has 33 heavy (non-hydrogen) atoms. The van der Waals surface area contributed by atoms with Gasteiger partial charge in [0.05, 0.1) is 11.6 Å². The summed E-state index contributed by atoms with van der Waals surface area (Å²) in [5.74, 6) is 0.471. The second-order valence-electron chi connectivity index (χ2n) is 7.85. The van der Waals surface area contributed by atoms with Crippen molar-refractivity contribution in [3.8, 4) is 5.75 Å². The smallest absolute Gasteiger partial charge is 0.296 e. The quantitative estimate of drug-likeness (QED) is 0.245. The Balaban J connectivity index is 1.36. The van der Waals surface area contributed by atoms with Gasteiger partial charge in [-0.3, -0.25) is 14.6 Å². The molecule has 1 aliphatic rings. The number of aryl methyl sites for hydroxylation is 1. The van der Waals surface area contributed by atoms with Crippen molar-refractivity contribution in [1.82, 2.24) is 21.0 Å². The summed E-state index contributed by atoms with van der Waals surface area (Å²) >= 11 is 3.60. The first kappa shape index (κ1) is 22.8. The number of aromatic nitrogens is 1. The molecule has 1 fully saturated rings. The highest BCUT2D eigenvalue weighted by Gasteiger charge is 2.27. The third-order valence-electron chi connectivity index (χ3n) is 5.44. The van der Waals surface area contributed by atoms with Gasteiger partial charge in [0, 0.05) is 47.4 Å². The van der Waals surface area contributed by atoms with Crippen molar-refractivity contribution >= 4 is 40.9 Å². The predicted octanol–water partition coefficient (Wildman–Crippen LogP) is 3.07. The molecule has 2 amide bonds. The molecule has 9 heteroatoms. The number of thiol groups is 1. The van der Waals surface area contributed by atoms with E-state index in [0.717, 1.165) is 22.2 Å². The number of pyridine rings is 1. The van der Waals surface area contributed by atoms with Crippen LogP contribution in [-0.2, 0) is 6.61 Å². The molecule has 8 nitrogen and oxygen atoms in total. The number of hydrazone groups is 1. The molecule has 3 N–H and O–H groups in total. The van der Waals surface area contributed by atoms with Crippen molar-refractivity contribution in [3.05, 3.63) is 71.4 Å². The zero-order valence-corrected chi connectivity index (χ0v) is 19.0. The Morgan fingerprint density at radius 1 is 1.21 bits per heavy atom. The summed E-state index contributed by atoms with van der Waals surface area (Å²) in [4.78, 5) is 28.1. The monoisotopic (exact) mass is 463 g/mol. The van der Waals surface area contributed by atoms with Crippen LogP contribution in [0.4, 0.5) is 4.79 Å². The van der Waals surface area contributed by atoms with Crippen LogP contribution in [-0.4, -0.2) is 41.5 Å². The van der Waals surface area contributed by atoms with E-state index in [0.29, 0.717) is 31.0 Å². The molecule has 2 aromatic carbocycles. The van der Waals surface area contributed by atoms with E-state index in [-0.39, 0.29) is 17.9 Å². The van der Waals surface area contributed by atoms with E-state index in [1.54, 1.807) is 30.5 Å². The number of carbonyl (C=O) groups is 2. The van der Waals surface area contributed by atoms with Gasteiger partial charge < -0.3 is 15.4 Å². The minimum Gasteiger partial charge on any atom is -0.489 e. The van der Waals surface area contributed by atoms with Gasteiger partial charge in [-0.2, -0.15) is 5.10 Å². The van der Waals surface area contributed by atoms with Crippen LogP contribution in [0.15, 0.2) is 59.7 Å². The summed E-state index contributed by atoms with van der Waals surface area (Å²) in [7, 11) is 0. The SMILES string of the molecule is Cc1cc(COc2ccc(C(=O)NC3CNCC3/C=N/NC(=O)S)cc2)c2ccccc2n1. The molecule has 2 atom stereocenters. The summed E-state index contributed by atoms with van der Waals surface area (Å²) in [5, 5.41) is 10.6. The molecule has 0 spiro atoms. The molecule has 4 rings (SSSR count). The summed E-state index contributed by atoms with van der Waals surface area (Å²) in [6.45, 7) is 3.66. The summed E-state index contributed by atoms with van der Waals surface area (Å²) in [6.07, 6.45) is 1.61. The van der Waals surface area contributed by atoms with E-state index >= 15 is 0 Å². The van der Waals surface area contributed by atoms with Crippen molar-refractivity contribution in [1.29, 1.82) is 0 Å². The fourth-order valence-electron chi connectivity index (χ4n) is 3.83. The second kappa shape index (κ2) is 10.5. The summed E-state index contributed by atoms with van der Waals surface area (Å²) in [6, 6.07) is 17.0. The van der Waals surface area contributed by atoms with Crippen LogP contribution in [0, 0.1) is 12.8 Å². The Labute approximate surface area is 197 Å². The molecule has 170 valence electrons. The number of rotatable bonds is 7. The van der Waals surface area contributed by atoms with Gasteiger partial charge in [0.1, 0.15) is 12.4 Å². The second-order valence-corrected chi connectivity index (χ2v) is 8.26. The van der Waals surface area contributed by atoms with Crippen LogP contribution in [0.5, 0.6) is 5.75 Å². The van der Waals surface area contributed by atoms with Gasteiger partial charge in [0.2, 0.25) is 0 Å². The maximum Gasteiger partial charge on any atom is 0.296 e. The number of nitrogens with one attached hydrogen (secondary N) is 3. The molecule has 0 saturated carbocycles. The first-order valence-electron chi connectivity index (χ1n) is 10.6. The number of carbonyl (C=O) groups excluding carboxylic acids is 2. The average Bonchev–Trinajstić information content (AvgIpc) is 3.24. The zero-order valence-electron chi connectivity index (χ0n) is 18.1. The molecule has 0 bridgehead atoms. The fourth-order valence-corrected chi connectivity index (χ4v) is 3.89. The lowest BCUT2D eigenvalue weighted by Gasteiger charge is -2.17. The Hall–Kier alpha value is -3.43. The molecule has 0 aliphatic carbocycles. The zero-order chi connectivity index (χ0) is 23.2. The molecular formula is C24H25N5O3S. The van der Waals surface area contributed by atoms with Gasteiger partial charge in [0.15, 0.2) is 0 Å². The maximum absolute atomic E-state index is 12.7. The summed E-state index contributed by atoms with van der Waals surface area (Å²) < 4.78 is 5.98. The first-order chi connectivity index (χ1) is 16.0. The lowest BCUT2D eigenvalue weighted by molar-refractivity contribution is 0.0936. The van der Waals surface area contributed by atoms with Gasteiger partial charge in [-0.1, -0.05) is 30.8 Å². The highest BCUT2D eigenvalue weighted by Crippen LogP contribution is 2.21. The standard InChI is InChI=1S/C24H25N5O3S/c1-15-10-17(20-4-2-3-5-21(20)27-15)14-32-19-8-6-16(7-9-19)23(30)28-22-13-25-11-18(22)12-26-29-24(31)33/h2-10,12,18,22,25H,11,13-14H2,1H3,(H,28,30)(H2,29,31,33)/b26-12+. The molecule has 2 unspecified atom stereocenters. The molecule has 1 aromatic heterocycles. The molecule has 1 saturated heterocycles. The van der Waals surface area contributed by atoms with Crippen molar-refractivity contribution in [2.24, 2.45) is 11.0 Å². The number of nitrogens with zero attached hydrogens (tertiary/aromatic N) is 2. The van der Waals surface area contributed by atoms with Gasteiger partial charge in [-0.15, -0.1) is 0 Å². The first-order valence-corrected chi connectivity index (χ1v) is 11.1. The number of hydrogen-bond donors (Lipinski definition) is 4. The van der Waals surface area contributed by atoms with Crippen molar-refractivity contribution < 1.29 is 14.3 Å². The van der Waals surface area contributed by atoms with Crippen molar-refractivity contribution in [3.63, 3.8) is 0 Å². The van der Waals surface area contributed by atoms with E-state index < -0.39 is 5.24 Å². The molecule has 2 heterocycles. The third kappa shape index (κ3) is 5.88. The Morgan fingerprint density at radius 2 is 2.00 bits per heavy atom. The normalized spacial score (nSPS) is 17.9. The fraction of sp³-hybridized carbons (Fsp3) is 0.250. The van der Waals surface area contributed by atoms with Crippen LogP contribution in [0.2, 0.25) is 0 Å². The van der Waals surface area contributed by atoms with E-state index in [1.807, 2.05) is 37.3 Å². The maximum atomic E-state index is 12.7. The number of fused-ring (bicyclic) bond motifs is 1. The van der Waals surface area contributed by atoms with Gasteiger partial charge in [-0.05, 0) is 43.3 Å². The highest BCUT2D eigenvalue weighted by atomic mass is 32.1. The largest absolute Gasteiger partial charge is 0.489 e. The van der Waals surface area contributed by atoms with Gasteiger partial charge >= 0.3 is 0 Å². The van der Waals surface area contributed by atoms with Crippen LogP contribution in [0.3, 0.4) is 0 Å². The van der Waals surface area contributed by atoms with Crippen LogP contribution in [0.25, 0.3) is 10.9 Å². The Morgan fingerprint density at radius 3 is 2.79 bits per heavy atom. The van der Waals surface area contributed by atoms with E-state index in [9.17, 15) is 9.59 Å². The number of benzene rings is 2. The molecule has 3 aromatic rings. The van der Waals surface area contributed by atoms with Gasteiger partial charge in [0.25, 0.3) is 11.1 Å². The number of hydrogen-bond acceptors (Lipinski definition) is 6. The van der Waals surface area contributed by atoms with Crippen LogP contribution < -0.4 is 20.8 Å². The van der Waals surface area contributed by atoms with Crippen molar-refractivity contribution in [2.45, 2.75) is 19.6 Å². The third-order valence-corrected chi connectivity index (χ3v) is 5.54. The highest BCUT2D eigenvalue weighted by molar-refractivity contribution is 7.96. The molecular weight excluding hydrogens is 438 g/mol. The Bertz CT molecular complexity index is 1180. The number of ether oxygens (including phenoxy) is 1. The van der Waals surface area contributed by atoms with Crippen LogP contribution >= 0.6 is 12.6 Å². The lowest BCUT2D eigenvalue weighted by atomic mass is 10.0. The minimum absolute atomic E-state index is 0.0321. The predicted molar refractivity (Wildman–Crippen MR) is 131 cm³/mol. The van der Waals surface area contributed by atoms with Gasteiger partial charge in [-0.25, -0.2) is 5.43 Å². The topological polar surface area (TPSA) is 105 Å². The minimum atomic E-state index is -0.535. The average molecular weight is 464 g/mol. The Kier molecular flexibility index (Phi) is 7.21. The number of para-hydroxylation sites is 1. The molecule has 0 radical (unpaired) electrons. The lowest BCUT2D eigenvalue weighted by Crippen LogP contribution is -2.41. The summed E-state index contributed by atoms with van der Waals surface area (Å²) in [5.41, 5.74) is 5.75. The van der Waals surface area contributed by atoms with Crippen molar-refractivity contribution in [2.75, 3.05) is 13.1 Å². The van der Waals surface area contributed by atoms with E-state index in [4.69, 9.17) is 4.74 Å².